The first kappa shape index (κ1) is 23.3. The number of carbonyl (C=O) groups excluding carboxylic acids is 2. The smallest absolute Gasteiger partial charge is 0.246 e. The summed E-state index contributed by atoms with van der Waals surface area (Å²) in [6.45, 7) is 1.45. The highest BCUT2D eigenvalue weighted by atomic mass is 19.1. The first-order valence-electron chi connectivity index (χ1n) is 10.7. The Morgan fingerprint density at radius 3 is 2.50 bits per heavy atom. The highest BCUT2D eigenvalue weighted by molar-refractivity contribution is 5.92. The van der Waals surface area contributed by atoms with Crippen LogP contribution in [0.3, 0.4) is 0 Å². The lowest BCUT2D eigenvalue weighted by Gasteiger charge is -2.30. The molecule has 1 N–H and O–H groups in total. The van der Waals surface area contributed by atoms with Crippen molar-refractivity contribution in [3.63, 3.8) is 0 Å². The molecule has 2 aromatic rings. The summed E-state index contributed by atoms with van der Waals surface area (Å²) in [4.78, 5) is 26.7. The summed E-state index contributed by atoms with van der Waals surface area (Å²) < 4.78 is 24.2. The number of piperidine rings is 1. The summed E-state index contributed by atoms with van der Waals surface area (Å²) in [5, 5.41) is 2.89. The molecular formula is C25H29FN2O4. The average molecular weight is 441 g/mol. The Labute approximate surface area is 188 Å². The molecule has 0 bridgehead atoms. The van der Waals surface area contributed by atoms with Gasteiger partial charge in [-0.15, -0.1) is 0 Å². The summed E-state index contributed by atoms with van der Waals surface area (Å²) in [5.41, 5.74) is 1.43. The summed E-state index contributed by atoms with van der Waals surface area (Å²) in [7, 11) is 3.14. The number of methoxy groups -OCH3 is 2. The molecule has 0 spiro atoms. The van der Waals surface area contributed by atoms with Crippen molar-refractivity contribution < 1.29 is 23.5 Å². The quantitative estimate of drug-likeness (QED) is 0.639. The molecular weight excluding hydrogens is 411 g/mol. The van der Waals surface area contributed by atoms with Crippen LogP contribution in [0.25, 0.3) is 6.08 Å². The molecule has 0 aliphatic carbocycles. The molecule has 1 heterocycles. The van der Waals surface area contributed by atoms with Gasteiger partial charge in [0.1, 0.15) is 5.82 Å². The van der Waals surface area contributed by atoms with E-state index in [1.165, 1.54) is 12.1 Å². The zero-order chi connectivity index (χ0) is 22.9. The van der Waals surface area contributed by atoms with Crippen LogP contribution in [0.5, 0.6) is 11.5 Å². The van der Waals surface area contributed by atoms with Crippen molar-refractivity contribution >= 4 is 17.9 Å². The molecule has 2 aromatic carbocycles. The van der Waals surface area contributed by atoms with Gasteiger partial charge in [0.25, 0.3) is 0 Å². The Morgan fingerprint density at radius 1 is 1.09 bits per heavy atom. The Kier molecular flexibility index (Phi) is 8.25. The summed E-state index contributed by atoms with van der Waals surface area (Å²) in [6.07, 6.45) is 4.96. The van der Waals surface area contributed by atoms with Crippen LogP contribution in [0.2, 0.25) is 0 Å². The van der Waals surface area contributed by atoms with Gasteiger partial charge in [-0.2, -0.15) is 0 Å². The van der Waals surface area contributed by atoms with E-state index in [2.05, 4.69) is 5.32 Å². The number of rotatable bonds is 8. The predicted molar refractivity (Wildman–Crippen MR) is 121 cm³/mol. The van der Waals surface area contributed by atoms with Crippen LogP contribution in [0, 0.1) is 11.7 Å². The fourth-order valence-electron chi connectivity index (χ4n) is 3.76. The van der Waals surface area contributed by atoms with Crippen LogP contribution >= 0.6 is 0 Å². The highest BCUT2D eigenvalue weighted by Crippen LogP contribution is 2.28. The van der Waals surface area contributed by atoms with Gasteiger partial charge in [-0.25, -0.2) is 4.39 Å². The van der Waals surface area contributed by atoms with E-state index < -0.39 is 0 Å². The van der Waals surface area contributed by atoms with Crippen molar-refractivity contribution in [2.24, 2.45) is 5.92 Å². The molecule has 32 heavy (non-hydrogen) atoms. The zero-order valence-corrected chi connectivity index (χ0v) is 18.5. The average Bonchev–Trinajstić information content (AvgIpc) is 2.83. The van der Waals surface area contributed by atoms with Gasteiger partial charge >= 0.3 is 0 Å². The largest absolute Gasteiger partial charge is 0.493 e. The third-order valence-electron chi connectivity index (χ3n) is 5.65. The van der Waals surface area contributed by atoms with E-state index in [1.54, 1.807) is 55.5 Å². The molecule has 6 nitrogen and oxygen atoms in total. The zero-order valence-electron chi connectivity index (χ0n) is 18.5. The first-order valence-corrected chi connectivity index (χ1v) is 10.7. The number of nitrogens with one attached hydrogen (secondary N) is 1. The molecule has 1 aliphatic heterocycles. The molecule has 7 heteroatoms. The maximum absolute atomic E-state index is 13.7. The number of halogens is 1. The third kappa shape index (κ3) is 6.09. The van der Waals surface area contributed by atoms with Gasteiger partial charge < -0.3 is 19.7 Å². The van der Waals surface area contributed by atoms with Crippen LogP contribution < -0.4 is 14.8 Å². The van der Waals surface area contributed by atoms with Crippen LogP contribution in [0.4, 0.5) is 4.39 Å². The minimum Gasteiger partial charge on any atom is -0.493 e. The number of benzene rings is 2. The second-order valence-corrected chi connectivity index (χ2v) is 7.68. The van der Waals surface area contributed by atoms with Gasteiger partial charge in [0.15, 0.2) is 11.5 Å². The second kappa shape index (κ2) is 11.3. The fourth-order valence-corrected chi connectivity index (χ4v) is 3.76. The summed E-state index contributed by atoms with van der Waals surface area (Å²) >= 11 is 0. The lowest BCUT2D eigenvalue weighted by atomic mass is 9.95. The predicted octanol–water partition coefficient (Wildman–Crippen LogP) is 3.45. The third-order valence-corrected chi connectivity index (χ3v) is 5.65. The molecule has 1 saturated heterocycles. The lowest BCUT2D eigenvalue weighted by Crippen LogP contribution is -2.42. The molecule has 1 aliphatic rings. The number of amides is 2. The number of likely N-dealkylation sites (tertiary alicyclic amines) is 1. The topological polar surface area (TPSA) is 67.9 Å². The maximum Gasteiger partial charge on any atom is 0.246 e. The minimum atomic E-state index is -0.255. The molecule has 0 radical (unpaired) electrons. The van der Waals surface area contributed by atoms with Crippen molar-refractivity contribution in [3.8, 4) is 11.5 Å². The Hall–Kier alpha value is -3.35. The second-order valence-electron chi connectivity index (χ2n) is 7.68. The van der Waals surface area contributed by atoms with E-state index >= 15 is 0 Å². The summed E-state index contributed by atoms with van der Waals surface area (Å²) in [6, 6.07) is 12.0. The standard InChI is InChI=1S/C25H29FN2O4/c1-31-22-9-7-18(17-23(22)32-2)8-10-24(29)28-15-12-20(13-16-28)25(30)27-14-11-19-5-3-4-6-21(19)26/h3-10,17,20H,11-16H2,1-2H3,(H,27,30)/b10-8+. The van der Waals surface area contributed by atoms with Gasteiger partial charge in [-0.1, -0.05) is 24.3 Å². The number of ether oxygens (including phenoxy) is 2. The van der Waals surface area contributed by atoms with Gasteiger partial charge in [0, 0.05) is 31.6 Å². The number of nitrogens with zero attached hydrogens (tertiary/aromatic N) is 1. The van der Waals surface area contributed by atoms with Gasteiger partial charge in [-0.05, 0) is 54.7 Å². The van der Waals surface area contributed by atoms with Crippen molar-refractivity contribution in [2.75, 3.05) is 33.9 Å². The molecule has 1 fully saturated rings. The SMILES string of the molecule is COc1ccc(/C=C/C(=O)N2CCC(C(=O)NCCc3ccccc3F)CC2)cc1OC. The Bertz CT molecular complexity index is 968. The van der Waals surface area contributed by atoms with Gasteiger partial charge in [0.2, 0.25) is 11.8 Å². The van der Waals surface area contributed by atoms with Crippen LogP contribution in [-0.4, -0.2) is 50.6 Å². The van der Waals surface area contributed by atoms with Gasteiger partial charge in [-0.3, -0.25) is 9.59 Å². The molecule has 2 amide bonds. The Balaban J connectivity index is 1.44. The molecule has 0 atom stereocenters. The Morgan fingerprint density at radius 2 is 1.81 bits per heavy atom. The van der Waals surface area contributed by atoms with Crippen LogP contribution in [0.15, 0.2) is 48.5 Å². The number of carbonyl (C=O) groups is 2. The van der Waals surface area contributed by atoms with E-state index in [0.717, 1.165) is 5.56 Å². The van der Waals surface area contributed by atoms with Crippen molar-refractivity contribution in [3.05, 3.63) is 65.5 Å². The van der Waals surface area contributed by atoms with Crippen molar-refractivity contribution in [1.29, 1.82) is 0 Å². The van der Waals surface area contributed by atoms with E-state index in [4.69, 9.17) is 9.47 Å². The monoisotopic (exact) mass is 440 g/mol. The van der Waals surface area contributed by atoms with E-state index in [1.807, 2.05) is 6.07 Å². The maximum atomic E-state index is 13.7. The van der Waals surface area contributed by atoms with Crippen LogP contribution in [0.1, 0.15) is 24.0 Å². The van der Waals surface area contributed by atoms with Crippen molar-refractivity contribution in [2.45, 2.75) is 19.3 Å². The van der Waals surface area contributed by atoms with E-state index in [0.29, 0.717) is 56.0 Å². The fraction of sp³-hybridized carbons (Fsp3) is 0.360. The summed E-state index contributed by atoms with van der Waals surface area (Å²) in [5.74, 6) is 0.728. The van der Waals surface area contributed by atoms with Gasteiger partial charge in [0.05, 0.1) is 14.2 Å². The van der Waals surface area contributed by atoms with Crippen LogP contribution in [-0.2, 0) is 16.0 Å². The van der Waals surface area contributed by atoms with Crippen molar-refractivity contribution in [1.82, 2.24) is 10.2 Å². The molecule has 0 saturated carbocycles. The number of hydrogen-bond acceptors (Lipinski definition) is 4. The lowest BCUT2D eigenvalue weighted by molar-refractivity contribution is -0.132. The molecule has 3 rings (SSSR count). The minimum absolute atomic E-state index is 0.0330. The number of hydrogen-bond donors (Lipinski definition) is 1. The van der Waals surface area contributed by atoms with E-state index in [9.17, 15) is 14.0 Å². The first-order chi connectivity index (χ1) is 15.5. The molecule has 170 valence electrons. The van der Waals surface area contributed by atoms with E-state index in [-0.39, 0.29) is 23.5 Å². The molecule has 0 unspecified atom stereocenters. The molecule has 0 aromatic heterocycles. The normalized spacial score (nSPS) is 14.4. The highest BCUT2D eigenvalue weighted by Gasteiger charge is 2.26.